The topological polar surface area (TPSA) is 79.3 Å². The molecule has 1 amide bonds. The summed E-state index contributed by atoms with van der Waals surface area (Å²) in [6, 6.07) is 14.1. The zero-order valence-electron chi connectivity index (χ0n) is 15.0. The molecule has 2 aliphatic heterocycles. The molecule has 140 valence electrons. The second kappa shape index (κ2) is 6.38. The first kappa shape index (κ1) is 17.5. The van der Waals surface area contributed by atoms with Crippen molar-refractivity contribution in [2.24, 2.45) is 5.16 Å². The first-order chi connectivity index (χ1) is 12.9. The number of hydrogen-bond donors (Lipinski definition) is 0. The van der Waals surface area contributed by atoms with Gasteiger partial charge in [-0.3, -0.25) is 4.79 Å². The molecule has 0 spiro atoms. The van der Waals surface area contributed by atoms with Crippen molar-refractivity contribution in [3.63, 3.8) is 0 Å². The number of nitrogens with zero attached hydrogens (tertiary/aromatic N) is 3. The molecule has 0 radical (unpaired) electrons. The summed E-state index contributed by atoms with van der Waals surface area (Å²) in [6.45, 7) is -0.0569. The minimum Gasteiger partial charge on any atom is -0.390 e. The molecular formula is C19H19N3O4S. The predicted molar refractivity (Wildman–Crippen MR) is 101 cm³/mol. The number of benzene rings is 2. The third-order valence-corrected chi connectivity index (χ3v) is 6.54. The summed E-state index contributed by atoms with van der Waals surface area (Å²) in [4.78, 5) is 20.0. The molecule has 8 heteroatoms. The maximum atomic E-state index is 12.6. The van der Waals surface area contributed by atoms with Crippen LogP contribution >= 0.6 is 0 Å². The molecule has 27 heavy (non-hydrogen) atoms. The molecule has 2 aromatic carbocycles. The highest BCUT2D eigenvalue weighted by atomic mass is 32.2. The second-order valence-corrected chi connectivity index (χ2v) is 8.58. The summed E-state index contributed by atoms with van der Waals surface area (Å²) in [5, 5.41) is 4.10. The third kappa shape index (κ3) is 2.95. The van der Waals surface area contributed by atoms with Crippen LogP contribution in [0.5, 0.6) is 0 Å². The maximum absolute atomic E-state index is 12.6. The largest absolute Gasteiger partial charge is 0.390 e. The standard InChI is InChI=1S/C19H19N3O4S/c1-21(2)14-9-7-13(8-10-14)17-11-15(26-20-17)12-22-19(23)16-5-3-4-6-18(16)27(22,24)25/h3-10,15H,11-12H2,1-2H3/t15-/m0/s1. The highest BCUT2D eigenvalue weighted by Crippen LogP contribution is 2.31. The van der Waals surface area contributed by atoms with Gasteiger partial charge in [0.1, 0.15) is 4.90 Å². The average molecular weight is 385 g/mol. The Hall–Kier alpha value is -2.87. The Balaban J connectivity index is 1.48. The van der Waals surface area contributed by atoms with Crippen LogP contribution in [-0.2, 0) is 14.9 Å². The van der Waals surface area contributed by atoms with Gasteiger partial charge in [-0.2, -0.15) is 0 Å². The fourth-order valence-corrected chi connectivity index (χ4v) is 4.85. The number of hydrogen-bond acceptors (Lipinski definition) is 6. The Morgan fingerprint density at radius 1 is 1.15 bits per heavy atom. The van der Waals surface area contributed by atoms with E-state index in [0.717, 1.165) is 21.3 Å². The Labute approximate surface area is 157 Å². The lowest BCUT2D eigenvalue weighted by Crippen LogP contribution is -2.37. The van der Waals surface area contributed by atoms with Gasteiger partial charge in [-0.15, -0.1) is 0 Å². The molecule has 2 aliphatic rings. The van der Waals surface area contributed by atoms with Crippen LogP contribution in [0.25, 0.3) is 0 Å². The number of oxime groups is 1. The van der Waals surface area contributed by atoms with Crippen LogP contribution in [0, 0.1) is 0 Å². The van der Waals surface area contributed by atoms with Gasteiger partial charge in [-0.1, -0.05) is 29.4 Å². The number of anilines is 1. The van der Waals surface area contributed by atoms with E-state index in [9.17, 15) is 13.2 Å². The fraction of sp³-hybridized carbons (Fsp3) is 0.263. The van der Waals surface area contributed by atoms with Crippen LogP contribution < -0.4 is 4.90 Å². The lowest BCUT2D eigenvalue weighted by Gasteiger charge is -2.18. The molecule has 2 heterocycles. The summed E-state index contributed by atoms with van der Waals surface area (Å²) < 4.78 is 26.2. The van der Waals surface area contributed by atoms with Gasteiger partial charge in [0.05, 0.1) is 17.8 Å². The van der Waals surface area contributed by atoms with Crippen molar-refractivity contribution in [3.05, 3.63) is 59.7 Å². The third-order valence-electron chi connectivity index (χ3n) is 4.73. The molecule has 0 aromatic heterocycles. The smallest absolute Gasteiger partial charge is 0.269 e. The lowest BCUT2D eigenvalue weighted by molar-refractivity contribution is 0.0599. The number of rotatable bonds is 4. The molecule has 0 saturated heterocycles. The summed E-state index contributed by atoms with van der Waals surface area (Å²) in [5.41, 5.74) is 2.94. The number of sulfonamides is 1. The minimum atomic E-state index is -3.83. The van der Waals surface area contributed by atoms with E-state index in [0.29, 0.717) is 6.42 Å². The van der Waals surface area contributed by atoms with Crippen molar-refractivity contribution in [2.45, 2.75) is 17.4 Å². The molecule has 7 nitrogen and oxygen atoms in total. The average Bonchev–Trinajstić information content (AvgIpc) is 3.20. The van der Waals surface area contributed by atoms with Crippen LogP contribution in [0.4, 0.5) is 5.69 Å². The van der Waals surface area contributed by atoms with Gasteiger partial charge < -0.3 is 9.74 Å². The summed E-state index contributed by atoms with van der Waals surface area (Å²) in [6.07, 6.45) is -0.0571. The molecule has 0 N–H and O–H groups in total. The molecular weight excluding hydrogens is 366 g/mol. The van der Waals surface area contributed by atoms with Crippen molar-refractivity contribution in [1.29, 1.82) is 0 Å². The molecule has 0 saturated carbocycles. The quantitative estimate of drug-likeness (QED) is 0.805. The fourth-order valence-electron chi connectivity index (χ4n) is 3.25. The van der Waals surface area contributed by atoms with Crippen molar-refractivity contribution >= 4 is 27.3 Å². The Morgan fingerprint density at radius 3 is 2.52 bits per heavy atom. The van der Waals surface area contributed by atoms with E-state index >= 15 is 0 Å². The van der Waals surface area contributed by atoms with E-state index < -0.39 is 22.0 Å². The zero-order valence-corrected chi connectivity index (χ0v) is 15.8. The van der Waals surface area contributed by atoms with E-state index in [1.165, 1.54) is 12.1 Å². The number of carbonyl (C=O) groups is 1. The van der Waals surface area contributed by atoms with Crippen LogP contribution in [0.15, 0.2) is 58.6 Å². The Morgan fingerprint density at radius 2 is 1.85 bits per heavy atom. The first-order valence-corrected chi connectivity index (χ1v) is 9.98. The van der Waals surface area contributed by atoms with Gasteiger partial charge in [0.2, 0.25) is 0 Å². The van der Waals surface area contributed by atoms with Crippen molar-refractivity contribution in [3.8, 4) is 0 Å². The molecule has 1 atom stereocenters. The highest BCUT2D eigenvalue weighted by Gasteiger charge is 2.43. The molecule has 0 fully saturated rings. The first-order valence-electron chi connectivity index (χ1n) is 8.54. The second-order valence-electron chi connectivity index (χ2n) is 6.75. The van der Waals surface area contributed by atoms with E-state index in [2.05, 4.69) is 5.16 Å². The summed E-state index contributed by atoms with van der Waals surface area (Å²) in [5.74, 6) is -0.516. The maximum Gasteiger partial charge on any atom is 0.269 e. The van der Waals surface area contributed by atoms with Gasteiger partial charge >= 0.3 is 0 Å². The summed E-state index contributed by atoms with van der Waals surface area (Å²) in [7, 11) is 0.0971. The molecule has 4 rings (SSSR count). The highest BCUT2D eigenvalue weighted by molar-refractivity contribution is 7.90. The molecule has 0 unspecified atom stereocenters. The lowest BCUT2D eigenvalue weighted by atomic mass is 10.0. The molecule has 0 bridgehead atoms. The number of fused-ring (bicyclic) bond motifs is 1. The normalized spacial score (nSPS) is 20.2. The van der Waals surface area contributed by atoms with Crippen LogP contribution in [0.1, 0.15) is 22.3 Å². The van der Waals surface area contributed by atoms with Gasteiger partial charge in [0.25, 0.3) is 15.9 Å². The van der Waals surface area contributed by atoms with Gasteiger partial charge in [-0.25, -0.2) is 12.7 Å². The summed E-state index contributed by atoms with van der Waals surface area (Å²) >= 11 is 0. The molecule has 0 aliphatic carbocycles. The SMILES string of the molecule is CN(C)c1ccc(C2=NO[C@H](CN3C(=O)c4ccccc4S3(=O)=O)C2)cc1. The number of amides is 1. The van der Waals surface area contributed by atoms with Crippen LogP contribution in [0.3, 0.4) is 0 Å². The van der Waals surface area contributed by atoms with Crippen LogP contribution in [0.2, 0.25) is 0 Å². The van der Waals surface area contributed by atoms with Gasteiger partial charge in [0, 0.05) is 26.2 Å². The van der Waals surface area contributed by atoms with E-state index in [1.54, 1.807) is 12.1 Å². The Bertz CT molecular complexity index is 1030. The van der Waals surface area contributed by atoms with Crippen LogP contribution in [-0.4, -0.2) is 51.1 Å². The predicted octanol–water partition coefficient (Wildman–Crippen LogP) is 2.09. The minimum absolute atomic E-state index is 0.0495. The Kier molecular flexibility index (Phi) is 4.15. The zero-order chi connectivity index (χ0) is 19.2. The van der Waals surface area contributed by atoms with Crippen molar-refractivity contribution in [1.82, 2.24) is 4.31 Å². The van der Waals surface area contributed by atoms with Crippen molar-refractivity contribution < 1.29 is 18.0 Å². The molecule has 2 aromatic rings. The van der Waals surface area contributed by atoms with E-state index in [1.807, 2.05) is 43.3 Å². The monoisotopic (exact) mass is 385 g/mol. The van der Waals surface area contributed by atoms with E-state index in [4.69, 9.17) is 4.84 Å². The number of carbonyl (C=O) groups excluding carboxylic acids is 1. The van der Waals surface area contributed by atoms with Crippen molar-refractivity contribution in [2.75, 3.05) is 25.5 Å². The van der Waals surface area contributed by atoms with Gasteiger partial charge in [-0.05, 0) is 29.8 Å². The van der Waals surface area contributed by atoms with E-state index in [-0.39, 0.29) is 17.0 Å². The van der Waals surface area contributed by atoms with Gasteiger partial charge in [0.15, 0.2) is 6.10 Å².